The SMILES string of the molecule is CCOC(=O)c1ccc(OCCCNC(C)C)cc1. The molecule has 0 saturated carbocycles. The number of benzene rings is 1. The molecule has 1 rings (SSSR count). The maximum Gasteiger partial charge on any atom is 0.338 e. The normalized spacial score (nSPS) is 10.5. The second-order valence-corrected chi connectivity index (χ2v) is 4.56. The molecular weight excluding hydrogens is 242 g/mol. The molecule has 0 radical (unpaired) electrons. The van der Waals surface area contributed by atoms with Crippen LogP contribution in [0.25, 0.3) is 0 Å². The molecule has 0 atom stereocenters. The van der Waals surface area contributed by atoms with Crippen molar-refractivity contribution in [3.05, 3.63) is 29.8 Å². The molecule has 0 spiro atoms. The number of rotatable bonds is 8. The van der Waals surface area contributed by atoms with Crippen molar-refractivity contribution < 1.29 is 14.3 Å². The van der Waals surface area contributed by atoms with E-state index in [1.54, 1.807) is 31.2 Å². The number of nitrogens with one attached hydrogen (secondary N) is 1. The van der Waals surface area contributed by atoms with E-state index >= 15 is 0 Å². The standard InChI is InChI=1S/C15H23NO3/c1-4-18-15(17)13-6-8-14(9-7-13)19-11-5-10-16-12(2)3/h6-9,12,16H,4-5,10-11H2,1-3H3. The molecule has 0 aliphatic carbocycles. The molecule has 4 heteroatoms. The molecule has 19 heavy (non-hydrogen) atoms. The van der Waals surface area contributed by atoms with Gasteiger partial charge in [0.25, 0.3) is 0 Å². The topological polar surface area (TPSA) is 47.6 Å². The molecule has 0 amide bonds. The highest BCUT2D eigenvalue weighted by atomic mass is 16.5. The smallest absolute Gasteiger partial charge is 0.338 e. The highest BCUT2D eigenvalue weighted by Crippen LogP contribution is 2.13. The summed E-state index contributed by atoms with van der Waals surface area (Å²) in [7, 11) is 0. The fraction of sp³-hybridized carbons (Fsp3) is 0.533. The third-order valence-corrected chi connectivity index (χ3v) is 2.51. The largest absolute Gasteiger partial charge is 0.494 e. The van der Waals surface area contributed by atoms with E-state index in [-0.39, 0.29) is 5.97 Å². The van der Waals surface area contributed by atoms with E-state index < -0.39 is 0 Å². The first-order valence-corrected chi connectivity index (χ1v) is 6.77. The van der Waals surface area contributed by atoms with E-state index in [0.29, 0.717) is 24.8 Å². The van der Waals surface area contributed by atoms with Crippen molar-refractivity contribution in [3.63, 3.8) is 0 Å². The molecule has 106 valence electrons. The van der Waals surface area contributed by atoms with Gasteiger partial charge in [0, 0.05) is 6.04 Å². The number of hydrogen-bond donors (Lipinski definition) is 1. The van der Waals surface area contributed by atoms with Gasteiger partial charge in [-0.15, -0.1) is 0 Å². The van der Waals surface area contributed by atoms with Crippen LogP contribution < -0.4 is 10.1 Å². The number of carbonyl (C=O) groups excluding carboxylic acids is 1. The van der Waals surface area contributed by atoms with Gasteiger partial charge in [-0.2, -0.15) is 0 Å². The van der Waals surface area contributed by atoms with Crippen LogP contribution in [0.5, 0.6) is 5.75 Å². The van der Waals surface area contributed by atoms with Gasteiger partial charge in [-0.25, -0.2) is 4.79 Å². The Morgan fingerprint density at radius 2 is 1.95 bits per heavy atom. The van der Waals surface area contributed by atoms with Crippen LogP contribution in [0.4, 0.5) is 0 Å². The maximum atomic E-state index is 11.4. The predicted octanol–water partition coefficient (Wildman–Crippen LogP) is 2.63. The molecule has 0 aliphatic rings. The summed E-state index contributed by atoms with van der Waals surface area (Å²) in [5.74, 6) is 0.479. The molecule has 0 saturated heterocycles. The molecule has 0 aliphatic heterocycles. The quantitative estimate of drug-likeness (QED) is 0.580. The minimum Gasteiger partial charge on any atom is -0.494 e. The number of hydrogen-bond acceptors (Lipinski definition) is 4. The van der Waals surface area contributed by atoms with Gasteiger partial charge in [0.2, 0.25) is 0 Å². The van der Waals surface area contributed by atoms with Crippen molar-refractivity contribution in [2.45, 2.75) is 33.2 Å². The lowest BCUT2D eigenvalue weighted by molar-refractivity contribution is 0.0526. The Balaban J connectivity index is 2.30. The summed E-state index contributed by atoms with van der Waals surface area (Å²) in [4.78, 5) is 11.4. The van der Waals surface area contributed by atoms with Crippen LogP contribution in [0.1, 0.15) is 37.6 Å². The zero-order valence-corrected chi connectivity index (χ0v) is 11.9. The minimum absolute atomic E-state index is 0.296. The van der Waals surface area contributed by atoms with E-state index in [4.69, 9.17) is 9.47 Å². The van der Waals surface area contributed by atoms with E-state index in [9.17, 15) is 4.79 Å². The maximum absolute atomic E-state index is 11.4. The van der Waals surface area contributed by atoms with E-state index in [2.05, 4.69) is 19.2 Å². The van der Waals surface area contributed by atoms with E-state index in [1.807, 2.05) is 0 Å². The first-order valence-electron chi connectivity index (χ1n) is 6.77. The molecule has 1 aromatic rings. The van der Waals surface area contributed by atoms with Gasteiger partial charge in [-0.05, 0) is 44.2 Å². The molecule has 0 fully saturated rings. The third kappa shape index (κ3) is 6.25. The Morgan fingerprint density at radius 3 is 2.53 bits per heavy atom. The predicted molar refractivity (Wildman–Crippen MR) is 75.6 cm³/mol. The van der Waals surface area contributed by atoms with Gasteiger partial charge in [0.15, 0.2) is 0 Å². The highest BCUT2D eigenvalue weighted by molar-refractivity contribution is 5.89. The first kappa shape index (κ1) is 15.5. The monoisotopic (exact) mass is 265 g/mol. The molecule has 0 aromatic heterocycles. The molecule has 1 N–H and O–H groups in total. The van der Waals surface area contributed by atoms with Crippen LogP contribution in [-0.4, -0.2) is 31.8 Å². The van der Waals surface area contributed by atoms with Gasteiger partial charge in [-0.3, -0.25) is 0 Å². The summed E-state index contributed by atoms with van der Waals surface area (Å²) < 4.78 is 10.5. The summed E-state index contributed by atoms with van der Waals surface area (Å²) in [6.45, 7) is 8.03. The van der Waals surface area contributed by atoms with Crippen LogP contribution in [0.15, 0.2) is 24.3 Å². The summed E-state index contributed by atoms with van der Waals surface area (Å²) in [6.07, 6.45) is 0.956. The average Bonchev–Trinajstić information content (AvgIpc) is 2.39. The Kier molecular flexibility index (Phi) is 6.97. The summed E-state index contributed by atoms with van der Waals surface area (Å²) in [5, 5.41) is 3.33. The van der Waals surface area contributed by atoms with Crippen molar-refractivity contribution in [2.24, 2.45) is 0 Å². The fourth-order valence-electron chi connectivity index (χ4n) is 1.55. The van der Waals surface area contributed by atoms with E-state index in [0.717, 1.165) is 18.7 Å². The average molecular weight is 265 g/mol. The Hall–Kier alpha value is -1.55. The lowest BCUT2D eigenvalue weighted by atomic mass is 10.2. The summed E-state index contributed by atoms with van der Waals surface area (Å²) >= 11 is 0. The number of esters is 1. The molecular formula is C15H23NO3. The second-order valence-electron chi connectivity index (χ2n) is 4.56. The fourth-order valence-corrected chi connectivity index (χ4v) is 1.55. The molecule has 0 unspecified atom stereocenters. The van der Waals surface area contributed by atoms with Crippen LogP contribution in [0, 0.1) is 0 Å². The van der Waals surface area contributed by atoms with Crippen molar-refractivity contribution >= 4 is 5.97 Å². The highest BCUT2D eigenvalue weighted by Gasteiger charge is 2.05. The second kappa shape index (κ2) is 8.53. The zero-order valence-electron chi connectivity index (χ0n) is 11.9. The van der Waals surface area contributed by atoms with Crippen LogP contribution in [0.2, 0.25) is 0 Å². The Labute approximate surface area is 115 Å². The molecule has 1 aromatic carbocycles. The Bertz CT molecular complexity index is 373. The first-order chi connectivity index (χ1) is 9.13. The van der Waals surface area contributed by atoms with Gasteiger partial charge in [0.1, 0.15) is 5.75 Å². The van der Waals surface area contributed by atoms with Gasteiger partial charge < -0.3 is 14.8 Å². The summed E-state index contributed by atoms with van der Waals surface area (Å²) in [6, 6.07) is 7.53. The van der Waals surface area contributed by atoms with Crippen LogP contribution in [0.3, 0.4) is 0 Å². The van der Waals surface area contributed by atoms with Crippen molar-refractivity contribution in [1.82, 2.24) is 5.32 Å². The molecule has 0 bridgehead atoms. The van der Waals surface area contributed by atoms with Crippen molar-refractivity contribution in [2.75, 3.05) is 19.8 Å². The lowest BCUT2D eigenvalue weighted by Crippen LogP contribution is -2.24. The lowest BCUT2D eigenvalue weighted by Gasteiger charge is -2.09. The van der Waals surface area contributed by atoms with Crippen molar-refractivity contribution in [1.29, 1.82) is 0 Å². The van der Waals surface area contributed by atoms with Crippen LogP contribution in [-0.2, 0) is 4.74 Å². The zero-order chi connectivity index (χ0) is 14.1. The number of ether oxygens (including phenoxy) is 2. The molecule has 0 heterocycles. The van der Waals surface area contributed by atoms with E-state index in [1.165, 1.54) is 0 Å². The number of carbonyl (C=O) groups is 1. The summed E-state index contributed by atoms with van der Waals surface area (Å²) in [5.41, 5.74) is 0.552. The Morgan fingerprint density at radius 1 is 1.26 bits per heavy atom. The van der Waals surface area contributed by atoms with Gasteiger partial charge >= 0.3 is 5.97 Å². The van der Waals surface area contributed by atoms with Gasteiger partial charge in [-0.1, -0.05) is 13.8 Å². The van der Waals surface area contributed by atoms with Crippen LogP contribution >= 0.6 is 0 Å². The third-order valence-electron chi connectivity index (χ3n) is 2.51. The van der Waals surface area contributed by atoms with Gasteiger partial charge in [0.05, 0.1) is 18.8 Å². The molecule has 4 nitrogen and oxygen atoms in total. The van der Waals surface area contributed by atoms with Crippen molar-refractivity contribution in [3.8, 4) is 5.75 Å². The minimum atomic E-state index is -0.296.